The summed E-state index contributed by atoms with van der Waals surface area (Å²) in [6.07, 6.45) is 11.6. The van der Waals surface area contributed by atoms with Crippen LogP contribution in [0.25, 0.3) is 17.2 Å². The first kappa shape index (κ1) is 25.3. The molecule has 36 heavy (non-hydrogen) atoms. The molecule has 0 N–H and O–H groups in total. The lowest BCUT2D eigenvalue weighted by molar-refractivity contribution is -0.134. The zero-order valence-corrected chi connectivity index (χ0v) is 25.2. The zero-order chi connectivity index (χ0) is 25.8. The molecule has 0 radical (unpaired) electrons. The van der Waals surface area contributed by atoms with E-state index in [0.717, 1.165) is 29.1 Å². The molecule has 0 atom stereocenters. The second-order valence-electron chi connectivity index (χ2n) is 12.8. The Morgan fingerprint density at radius 2 is 1.53 bits per heavy atom. The highest BCUT2D eigenvalue weighted by Gasteiger charge is 2.54. The van der Waals surface area contributed by atoms with Gasteiger partial charge in [0.1, 0.15) is 5.75 Å². The van der Waals surface area contributed by atoms with Gasteiger partial charge in [-0.3, -0.25) is 0 Å². The number of carbonyl (C=O) groups is 1. The van der Waals surface area contributed by atoms with Crippen molar-refractivity contribution in [2.45, 2.75) is 84.0 Å². The number of hydrogen-bond acceptors (Lipinski definition) is 3. The maximum absolute atomic E-state index is 11.5. The van der Waals surface area contributed by atoms with Crippen LogP contribution >= 0.6 is 0 Å². The molecule has 0 amide bonds. The van der Waals surface area contributed by atoms with E-state index in [2.05, 4.69) is 58.9 Å². The van der Waals surface area contributed by atoms with Gasteiger partial charge in [-0.05, 0) is 109 Å². The molecular weight excluding hydrogens is 460 g/mol. The van der Waals surface area contributed by atoms with E-state index < -0.39 is 0 Å². The highest BCUT2D eigenvalue weighted by atomic mass is 28.2. The van der Waals surface area contributed by atoms with E-state index in [1.165, 1.54) is 79.5 Å². The van der Waals surface area contributed by atoms with Gasteiger partial charge in [-0.15, -0.1) is 0 Å². The van der Waals surface area contributed by atoms with Gasteiger partial charge in [0.15, 0.2) is 0 Å². The van der Waals surface area contributed by atoms with Crippen LogP contribution in [0, 0.1) is 31.6 Å². The smallest absolute Gasteiger partial charge is 0.330 e. The molecule has 4 heteroatoms. The van der Waals surface area contributed by atoms with Gasteiger partial charge in [-0.25, -0.2) is 4.79 Å². The molecule has 4 aliphatic carbocycles. The first-order valence-electron chi connectivity index (χ1n) is 13.6. The molecule has 3 nitrogen and oxygen atoms in total. The second-order valence-corrected chi connectivity index (χ2v) is 13.2. The summed E-state index contributed by atoms with van der Waals surface area (Å²) in [6.45, 7) is 11.8. The van der Waals surface area contributed by atoms with E-state index in [4.69, 9.17) is 9.16 Å². The van der Waals surface area contributed by atoms with Crippen LogP contribution in [0.2, 0.25) is 0 Å². The van der Waals surface area contributed by atoms with E-state index in [0.29, 0.717) is 10.5 Å². The van der Waals surface area contributed by atoms with Crippen LogP contribution in [0.1, 0.15) is 87.1 Å². The maximum Gasteiger partial charge on any atom is 0.330 e. The van der Waals surface area contributed by atoms with Gasteiger partial charge in [0.2, 0.25) is 10.5 Å². The Hall–Kier alpha value is -2.33. The summed E-state index contributed by atoms with van der Waals surface area (Å²) in [7, 11) is 2.07. The van der Waals surface area contributed by atoms with Crippen LogP contribution in [-0.2, 0) is 20.4 Å². The predicted molar refractivity (Wildman–Crippen MR) is 152 cm³/mol. The monoisotopic (exact) mass is 502 g/mol. The average Bonchev–Trinajstić information content (AvgIpc) is 2.82. The average molecular weight is 503 g/mol. The first-order valence-corrected chi connectivity index (χ1v) is 14.5. The summed E-state index contributed by atoms with van der Waals surface area (Å²) < 4.78 is 11.3. The molecule has 0 unspecified atom stereocenters. The lowest BCUT2D eigenvalue weighted by Gasteiger charge is -2.58. The molecule has 2 aromatic rings. The number of carbonyl (C=O) groups excluding carboxylic acids is 1. The van der Waals surface area contributed by atoms with Gasteiger partial charge < -0.3 is 9.16 Å². The summed E-state index contributed by atoms with van der Waals surface area (Å²) in [5, 5.41) is 0. The predicted octanol–water partition coefficient (Wildman–Crippen LogP) is 6.58. The number of esters is 1. The number of methoxy groups -OCH3 is 1. The minimum absolute atomic E-state index is 0.0589. The molecule has 192 valence electrons. The van der Waals surface area contributed by atoms with Gasteiger partial charge in [0.05, 0.1) is 7.11 Å². The summed E-state index contributed by atoms with van der Waals surface area (Å²) in [5.74, 6) is 3.48. The molecule has 0 aromatic heterocycles. The molecular formula is C32H42O3Si. The fourth-order valence-corrected chi connectivity index (χ4v) is 8.78. The van der Waals surface area contributed by atoms with Crippen LogP contribution in [0.15, 0.2) is 30.3 Å². The van der Waals surface area contributed by atoms with Gasteiger partial charge in [0, 0.05) is 22.6 Å². The van der Waals surface area contributed by atoms with Gasteiger partial charge in [0.25, 0.3) is 0 Å². The fraction of sp³-hybridized carbons (Fsp3) is 0.531. The van der Waals surface area contributed by atoms with E-state index in [9.17, 15) is 4.79 Å². The Balaban J connectivity index is 1.70. The molecule has 0 heterocycles. The highest BCUT2D eigenvalue weighted by molar-refractivity contribution is 6.01. The molecule has 0 spiro atoms. The van der Waals surface area contributed by atoms with E-state index in [1.54, 1.807) is 11.6 Å². The number of rotatable bonds is 5. The summed E-state index contributed by atoms with van der Waals surface area (Å²) in [5.41, 5.74) is 9.62. The van der Waals surface area contributed by atoms with Crippen molar-refractivity contribution >= 4 is 22.5 Å². The lowest BCUT2D eigenvalue weighted by atomic mass is 9.46. The minimum Gasteiger partial charge on any atom is -0.553 e. The molecule has 4 aliphatic rings. The minimum atomic E-state index is -0.338. The third-order valence-electron chi connectivity index (χ3n) is 9.35. The SMILES string of the molecule is COC(=O)C=Cc1ccc(-c2c(C)c(C)c(C(C)(C)C)c(C34CC5CC(CC(C5)C3)C4)c2O[SiH3])cc1. The molecule has 4 bridgehead atoms. The van der Waals surface area contributed by atoms with Crippen molar-refractivity contribution in [3.05, 3.63) is 58.2 Å². The number of ether oxygens (including phenoxy) is 1. The van der Waals surface area contributed by atoms with Crippen molar-refractivity contribution in [1.82, 2.24) is 0 Å². The Kier molecular flexibility index (Phi) is 6.47. The van der Waals surface area contributed by atoms with Gasteiger partial charge in [-0.1, -0.05) is 45.0 Å². The van der Waals surface area contributed by atoms with Crippen LogP contribution in [-0.4, -0.2) is 23.6 Å². The van der Waals surface area contributed by atoms with Gasteiger partial charge >= 0.3 is 5.97 Å². The first-order chi connectivity index (χ1) is 17.1. The molecule has 4 saturated carbocycles. The number of benzene rings is 2. The Labute approximate surface area is 220 Å². The summed E-state index contributed by atoms with van der Waals surface area (Å²) in [6, 6.07) is 8.54. The molecule has 0 aliphatic heterocycles. The Morgan fingerprint density at radius 3 is 2.00 bits per heavy atom. The topological polar surface area (TPSA) is 35.5 Å². The fourth-order valence-electron chi connectivity index (χ4n) is 8.38. The van der Waals surface area contributed by atoms with Crippen molar-refractivity contribution in [3.8, 4) is 16.9 Å². The quantitative estimate of drug-likeness (QED) is 0.263. The Morgan fingerprint density at radius 1 is 0.972 bits per heavy atom. The normalized spacial score (nSPS) is 27.1. The van der Waals surface area contributed by atoms with Crippen molar-refractivity contribution in [3.63, 3.8) is 0 Å². The standard InChI is InChI=1S/C32H42O3Si/c1-19-20(2)28(31(3,4)5)29(32-16-22-13-23(17-32)15-24(14-22)18-32)30(35-36)27(19)25-10-7-21(8-11-25)9-12-26(33)34-6/h7-12,22-24H,13-18H2,1-6,36H3. The van der Waals surface area contributed by atoms with Crippen molar-refractivity contribution in [2.24, 2.45) is 17.8 Å². The molecule has 0 saturated heterocycles. The lowest BCUT2D eigenvalue weighted by Crippen LogP contribution is -2.49. The van der Waals surface area contributed by atoms with Crippen molar-refractivity contribution < 1.29 is 14.0 Å². The van der Waals surface area contributed by atoms with E-state index in [1.807, 2.05) is 0 Å². The maximum atomic E-state index is 11.5. The van der Waals surface area contributed by atoms with Crippen molar-refractivity contribution in [2.75, 3.05) is 7.11 Å². The van der Waals surface area contributed by atoms with Crippen LogP contribution in [0.5, 0.6) is 5.75 Å². The molecule has 6 rings (SSSR count). The van der Waals surface area contributed by atoms with E-state index in [-0.39, 0.29) is 16.8 Å². The van der Waals surface area contributed by atoms with Crippen molar-refractivity contribution in [1.29, 1.82) is 0 Å². The molecule has 2 aromatic carbocycles. The largest absolute Gasteiger partial charge is 0.553 e. The van der Waals surface area contributed by atoms with Gasteiger partial charge in [-0.2, -0.15) is 0 Å². The third kappa shape index (κ3) is 4.25. The van der Waals surface area contributed by atoms with E-state index >= 15 is 0 Å². The zero-order valence-electron chi connectivity index (χ0n) is 23.2. The number of hydrogen-bond donors (Lipinski definition) is 0. The Bertz CT molecular complexity index is 1160. The van der Waals surface area contributed by atoms with Crippen LogP contribution < -0.4 is 4.43 Å². The third-order valence-corrected chi connectivity index (χ3v) is 9.76. The van der Waals surface area contributed by atoms with Crippen LogP contribution in [0.3, 0.4) is 0 Å². The van der Waals surface area contributed by atoms with Crippen LogP contribution in [0.4, 0.5) is 0 Å². The molecule has 4 fully saturated rings. The highest BCUT2D eigenvalue weighted by Crippen LogP contribution is 2.64. The summed E-state index contributed by atoms with van der Waals surface area (Å²) >= 11 is 0. The summed E-state index contributed by atoms with van der Waals surface area (Å²) in [4.78, 5) is 11.5. The second kappa shape index (κ2) is 9.20.